The number of fused-ring (bicyclic) bond motifs is 1. The molecule has 9 heteroatoms. The first-order valence-corrected chi connectivity index (χ1v) is 10.3. The predicted molar refractivity (Wildman–Crippen MR) is 116 cm³/mol. The molecule has 1 amide bonds. The Labute approximate surface area is 182 Å². The molecule has 0 N–H and O–H groups in total. The molecule has 2 heterocycles. The van der Waals surface area contributed by atoms with Crippen LogP contribution in [0.15, 0.2) is 41.2 Å². The van der Waals surface area contributed by atoms with Gasteiger partial charge in [-0.3, -0.25) is 19.1 Å². The number of amides is 1. The van der Waals surface area contributed by atoms with Gasteiger partial charge in [0.25, 0.3) is 0 Å². The topological polar surface area (TPSA) is 70.0 Å². The van der Waals surface area contributed by atoms with Crippen LogP contribution in [0, 0.1) is 5.82 Å². The van der Waals surface area contributed by atoms with Gasteiger partial charge in [-0.15, -0.1) is 0 Å². The Kier molecular flexibility index (Phi) is 5.45. The number of nitrogens with zero attached hydrogens (tertiary/aromatic N) is 2. The molecule has 0 aliphatic carbocycles. The normalized spacial score (nSPS) is 15.6. The largest absolute Gasteiger partial charge is 0.493 e. The van der Waals surface area contributed by atoms with Gasteiger partial charge in [0, 0.05) is 24.9 Å². The average molecular weight is 444 g/mol. The van der Waals surface area contributed by atoms with Gasteiger partial charge < -0.3 is 14.2 Å². The second kappa shape index (κ2) is 8.07. The zero-order valence-corrected chi connectivity index (χ0v) is 18.3. The summed E-state index contributed by atoms with van der Waals surface area (Å²) in [6.07, 6.45) is 0.107. The van der Waals surface area contributed by atoms with Crippen LogP contribution in [-0.2, 0) is 11.8 Å². The van der Waals surface area contributed by atoms with E-state index in [0.29, 0.717) is 28.8 Å². The van der Waals surface area contributed by atoms with E-state index < -0.39 is 11.7 Å². The number of hydrogen-bond donors (Lipinski definition) is 0. The van der Waals surface area contributed by atoms with E-state index in [1.54, 1.807) is 13.1 Å². The van der Waals surface area contributed by atoms with Crippen molar-refractivity contribution in [1.82, 2.24) is 4.57 Å². The third-order valence-corrected chi connectivity index (χ3v) is 6.50. The van der Waals surface area contributed by atoms with Gasteiger partial charge in [0.05, 0.1) is 31.9 Å². The Morgan fingerprint density at radius 2 is 1.65 bits per heavy atom. The molecule has 0 unspecified atom stereocenters. The summed E-state index contributed by atoms with van der Waals surface area (Å²) in [5, 5.41) is 0. The van der Waals surface area contributed by atoms with Crippen molar-refractivity contribution >= 4 is 28.7 Å². The van der Waals surface area contributed by atoms with Crippen molar-refractivity contribution in [2.24, 2.45) is 7.05 Å². The highest BCUT2D eigenvalue weighted by molar-refractivity contribution is 7.10. The van der Waals surface area contributed by atoms with Crippen LogP contribution < -0.4 is 24.0 Å². The van der Waals surface area contributed by atoms with Crippen molar-refractivity contribution in [1.29, 1.82) is 0 Å². The van der Waals surface area contributed by atoms with Gasteiger partial charge >= 0.3 is 4.87 Å². The quantitative estimate of drug-likeness (QED) is 0.599. The van der Waals surface area contributed by atoms with Crippen molar-refractivity contribution < 1.29 is 23.4 Å². The Bertz CT molecular complexity index is 1200. The highest BCUT2D eigenvalue weighted by atomic mass is 32.1. The third-order valence-electron chi connectivity index (χ3n) is 5.36. The molecule has 7 nitrogen and oxygen atoms in total. The SMILES string of the molecule is COc1ccc([C@H]2CC(=O)N(c3ccc(F)cc3)c3c2sc(=O)n3C)c(OC)c1OC. The maximum Gasteiger partial charge on any atom is 0.308 e. The summed E-state index contributed by atoms with van der Waals surface area (Å²) in [4.78, 5) is 27.9. The fraction of sp³-hybridized carbons (Fsp3) is 0.273. The number of halogens is 1. The average Bonchev–Trinajstić information content (AvgIpc) is 3.07. The lowest BCUT2D eigenvalue weighted by atomic mass is 9.89. The molecule has 0 saturated carbocycles. The van der Waals surface area contributed by atoms with Crippen LogP contribution in [0.25, 0.3) is 0 Å². The van der Waals surface area contributed by atoms with Gasteiger partial charge in [0.2, 0.25) is 11.7 Å². The van der Waals surface area contributed by atoms with Crippen molar-refractivity contribution in [3.63, 3.8) is 0 Å². The minimum absolute atomic E-state index is 0.107. The monoisotopic (exact) mass is 444 g/mol. The number of aromatic nitrogens is 1. The predicted octanol–water partition coefficient (Wildman–Crippen LogP) is 3.81. The number of thiazole rings is 1. The molecule has 1 aliphatic heterocycles. The van der Waals surface area contributed by atoms with E-state index in [0.717, 1.165) is 21.8 Å². The molecule has 1 aliphatic rings. The van der Waals surface area contributed by atoms with Crippen LogP contribution in [0.1, 0.15) is 22.8 Å². The third kappa shape index (κ3) is 3.34. The van der Waals surface area contributed by atoms with E-state index in [1.807, 2.05) is 6.07 Å². The van der Waals surface area contributed by atoms with E-state index in [1.165, 1.54) is 55.1 Å². The summed E-state index contributed by atoms with van der Waals surface area (Å²) in [7, 11) is 6.18. The number of hydrogen-bond acceptors (Lipinski definition) is 6. The second-order valence-corrected chi connectivity index (χ2v) is 7.99. The molecule has 2 aromatic carbocycles. The van der Waals surface area contributed by atoms with Crippen LogP contribution in [-0.4, -0.2) is 31.8 Å². The second-order valence-electron chi connectivity index (χ2n) is 7.00. The van der Waals surface area contributed by atoms with Crippen LogP contribution >= 0.6 is 11.3 Å². The van der Waals surface area contributed by atoms with Crippen LogP contribution in [0.5, 0.6) is 17.2 Å². The lowest BCUT2D eigenvalue weighted by molar-refractivity contribution is -0.118. The van der Waals surface area contributed by atoms with Crippen LogP contribution in [0.2, 0.25) is 0 Å². The lowest BCUT2D eigenvalue weighted by Crippen LogP contribution is -2.34. The smallest absolute Gasteiger partial charge is 0.308 e. The zero-order chi connectivity index (χ0) is 22.3. The Morgan fingerprint density at radius 3 is 2.26 bits per heavy atom. The van der Waals surface area contributed by atoms with E-state index in [2.05, 4.69) is 0 Å². The summed E-state index contributed by atoms with van der Waals surface area (Å²) in [5.41, 5.74) is 1.22. The van der Waals surface area contributed by atoms with E-state index in [-0.39, 0.29) is 17.2 Å². The molecule has 4 rings (SSSR count). The highest BCUT2D eigenvalue weighted by Gasteiger charge is 2.39. The standard InChI is InChI=1S/C22H21FN2O5S/c1-24-21-20(31-22(24)27)15(11-17(26)25(21)13-7-5-12(23)6-8-13)14-9-10-16(28-2)19(30-4)18(14)29-3/h5-10,15H,11H2,1-4H3/t15-/m1/s1. The van der Waals surface area contributed by atoms with Gasteiger partial charge in [-0.1, -0.05) is 17.4 Å². The first-order valence-electron chi connectivity index (χ1n) is 9.48. The van der Waals surface area contributed by atoms with E-state index >= 15 is 0 Å². The molecular weight excluding hydrogens is 423 g/mol. The van der Waals surface area contributed by atoms with E-state index in [4.69, 9.17) is 14.2 Å². The maximum absolute atomic E-state index is 13.4. The number of carbonyl (C=O) groups is 1. The summed E-state index contributed by atoms with van der Waals surface area (Å²) >= 11 is 1.08. The molecule has 0 saturated heterocycles. The molecule has 1 aromatic heterocycles. The van der Waals surface area contributed by atoms with Gasteiger partial charge in [-0.25, -0.2) is 4.39 Å². The number of anilines is 2. The Balaban J connectivity index is 1.92. The van der Waals surface area contributed by atoms with Crippen molar-refractivity contribution in [2.75, 3.05) is 26.2 Å². The molecule has 31 heavy (non-hydrogen) atoms. The summed E-state index contributed by atoms with van der Waals surface area (Å²) < 4.78 is 31.4. The van der Waals surface area contributed by atoms with Gasteiger partial charge in [0.15, 0.2) is 11.5 Å². The molecule has 0 spiro atoms. The maximum atomic E-state index is 13.4. The van der Waals surface area contributed by atoms with Gasteiger partial charge in [-0.05, 0) is 30.3 Å². The molecule has 162 valence electrons. The zero-order valence-electron chi connectivity index (χ0n) is 17.5. The number of benzene rings is 2. The molecule has 3 aromatic rings. The Morgan fingerprint density at radius 1 is 0.968 bits per heavy atom. The van der Waals surface area contributed by atoms with Crippen molar-refractivity contribution in [3.8, 4) is 17.2 Å². The van der Waals surface area contributed by atoms with E-state index in [9.17, 15) is 14.0 Å². The highest BCUT2D eigenvalue weighted by Crippen LogP contribution is 2.50. The number of ether oxygens (including phenoxy) is 3. The molecule has 0 bridgehead atoms. The number of rotatable bonds is 5. The molecule has 0 radical (unpaired) electrons. The first-order chi connectivity index (χ1) is 14.9. The molecular formula is C22H21FN2O5S. The fourth-order valence-corrected chi connectivity index (χ4v) is 5.01. The first kappa shape index (κ1) is 20.9. The summed E-state index contributed by atoms with van der Waals surface area (Å²) in [6, 6.07) is 9.19. The van der Waals surface area contributed by atoms with Crippen molar-refractivity contribution in [3.05, 3.63) is 62.3 Å². The minimum atomic E-state index is -0.409. The van der Waals surface area contributed by atoms with Gasteiger partial charge in [-0.2, -0.15) is 0 Å². The minimum Gasteiger partial charge on any atom is -0.493 e. The van der Waals surface area contributed by atoms with Crippen molar-refractivity contribution in [2.45, 2.75) is 12.3 Å². The van der Waals surface area contributed by atoms with Crippen LogP contribution in [0.3, 0.4) is 0 Å². The summed E-state index contributed by atoms with van der Waals surface area (Å²) in [5.74, 6) is 0.812. The Hall–Kier alpha value is -3.33. The van der Waals surface area contributed by atoms with Gasteiger partial charge in [0.1, 0.15) is 11.6 Å². The van der Waals surface area contributed by atoms with Crippen LogP contribution in [0.4, 0.5) is 15.9 Å². The molecule has 0 fully saturated rings. The molecule has 1 atom stereocenters. The summed E-state index contributed by atoms with van der Waals surface area (Å²) in [6.45, 7) is 0. The number of methoxy groups -OCH3 is 3. The lowest BCUT2D eigenvalue weighted by Gasteiger charge is -2.33. The fourth-order valence-electron chi connectivity index (χ4n) is 3.93. The number of carbonyl (C=O) groups excluding carboxylic acids is 1.